The summed E-state index contributed by atoms with van der Waals surface area (Å²) >= 11 is 0. The Hall–Kier alpha value is -2.14. The fourth-order valence-corrected chi connectivity index (χ4v) is 2.34. The van der Waals surface area contributed by atoms with E-state index in [9.17, 15) is 9.90 Å². The molecule has 0 unspecified atom stereocenters. The number of imidazole rings is 1. The molecule has 1 atom stereocenters. The van der Waals surface area contributed by atoms with Gasteiger partial charge in [-0.15, -0.1) is 0 Å². The van der Waals surface area contributed by atoms with Crippen molar-refractivity contribution in [3.63, 3.8) is 0 Å². The van der Waals surface area contributed by atoms with Crippen LogP contribution in [-0.2, 0) is 0 Å². The molecule has 0 radical (unpaired) electrons. The monoisotopic (exact) mass is 257 g/mol. The average Bonchev–Trinajstić information content (AvgIpc) is 3.07. The molecule has 1 fully saturated rings. The number of aromatic nitrogens is 2. The number of aliphatic hydroxyl groups is 1. The van der Waals surface area contributed by atoms with Crippen LogP contribution in [0.3, 0.4) is 0 Å². The molecule has 5 nitrogen and oxygen atoms in total. The van der Waals surface area contributed by atoms with E-state index in [1.807, 2.05) is 30.3 Å². The summed E-state index contributed by atoms with van der Waals surface area (Å²) in [4.78, 5) is 18.1. The van der Waals surface area contributed by atoms with Crippen LogP contribution in [0.25, 0.3) is 5.69 Å². The molecule has 2 heterocycles. The van der Waals surface area contributed by atoms with Crippen LogP contribution in [0.4, 0.5) is 0 Å². The quantitative estimate of drug-likeness (QED) is 0.875. The molecule has 1 aliphatic heterocycles. The molecule has 19 heavy (non-hydrogen) atoms. The van der Waals surface area contributed by atoms with Crippen molar-refractivity contribution >= 4 is 5.91 Å². The van der Waals surface area contributed by atoms with Gasteiger partial charge in [-0.05, 0) is 18.6 Å². The molecule has 1 saturated heterocycles. The minimum absolute atomic E-state index is 0.0853. The zero-order valence-corrected chi connectivity index (χ0v) is 10.4. The standard InChI is InChI=1S/C14H15N3O2/c18-12-6-7-16(9-12)14(19)13-8-15-10-17(13)11-4-2-1-3-5-11/h1-5,8,10,12,18H,6-7,9H2/t12-/m0/s1. The summed E-state index contributed by atoms with van der Waals surface area (Å²) in [6.07, 6.45) is 3.44. The lowest BCUT2D eigenvalue weighted by atomic mass is 10.3. The van der Waals surface area contributed by atoms with Gasteiger partial charge in [-0.2, -0.15) is 0 Å². The maximum Gasteiger partial charge on any atom is 0.272 e. The normalized spacial score (nSPS) is 18.8. The Morgan fingerprint density at radius 2 is 2.11 bits per heavy atom. The number of rotatable bonds is 2. The summed E-state index contributed by atoms with van der Waals surface area (Å²) in [6, 6.07) is 9.62. The highest BCUT2D eigenvalue weighted by Crippen LogP contribution is 2.16. The summed E-state index contributed by atoms with van der Waals surface area (Å²) in [7, 11) is 0. The van der Waals surface area contributed by atoms with E-state index in [0.29, 0.717) is 25.2 Å². The van der Waals surface area contributed by atoms with E-state index in [-0.39, 0.29) is 5.91 Å². The molecule has 1 aromatic carbocycles. The number of carbonyl (C=O) groups is 1. The van der Waals surface area contributed by atoms with Crippen LogP contribution in [0.2, 0.25) is 0 Å². The van der Waals surface area contributed by atoms with Crippen molar-refractivity contribution in [2.24, 2.45) is 0 Å². The van der Waals surface area contributed by atoms with Crippen molar-refractivity contribution in [3.05, 3.63) is 48.5 Å². The highest BCUT2D eigenvalue weighted by Gasteiger charge is 2.27. The van der Waals surface area contributed by atoms with Crippen LogP contribution in [-0.4, -0.2) is 44.7 Å². The lowest BCUT2D eigenvalue weighted by Crippen LogP contribution is -2.30. The van der Waals surface area contributed by atoms with E-state index in [1.165, 1.54) is 0 Å². The second kappa shape index (κ2) is 4.85. The van der Waals surface area contributed by atoms with Gasteiger partial charge in [0.15, 0.2) is 0 Å². The van der Waals surface area contributed by atoms with Crippen LogP contribution in [0.15, 0.2) is 42.9 Å². The first-order valence-corrected chi connectivity index (χ1v) is 6.31. The van der Waals surface area contributed by atoms with Crippen molar-refractivity contribution < 1.29 is 9.90 Å². The van der Waals surface area contributed by atoms with E-state index in [0.717, 1.165) is 5.69 Å². The van der Waals surface area contributed by atoms with Crippen LogP contribution < -0.4 is 0 Å². The fourth-order valence-electron chi connectivity index (χ4n) is 2.34. The number of para-hydroxylation sites is 1. The highest BCUT2D eigenvalue weighted by molar-refractivity contribution is 5.93. The third-order valence-corrected chi connectivity index (χ3v) is 3.34. The summed E-state index contributed by atoms with van der Waals surface area (Å²) in [5.41, 5.74) is 1.43. The predicted molar refractivity (Wildman–Crippen MR) is 70.1 cm³/mol. The summed E-state index contributed by atoms with van der Waals surface area (Å²) in [5.74, 6) is -0.0853. The average molecular weight is 257 g/mol. The van der Waals surface area contributed by atoms with Gasteiger partial charge in [0.25, 0.3) is 5.91 Å². The van der Waals surface area contributed by atoms with Crippen LogP contribution >= 0.6 is 0 Å². The van der Waals surface area contributed by atoms with E-state index in [1.54, 1.807) is 22.0 Å². The third-order valence-electron chi connectivity index (χ3n) is 3.34. The van der Waals surface area contributed by atoms with Gasteiger partial charge in [0.1, 0.15) is 5.69 Å². The van der Waals surface area contributed by atoms with E-state index < -0.39 is 6.10 Å². The van der Waals surface area contributed by atoms with Gasteiger partial charge in [-0.3, -0.25) is 9.36 Å². The number of hydrogen-bond acceptors (Lipinski definition) is 3. The molecule has 0 bridgehead atoms. The van der Waals surface area contributed by atoms with E-state index in [2.05, 4.69) is 4.98 Å². The molecule has 1 aromatic heterocycles. The van der Waals surface area contributed by atoms with Crippen LogP contribution in [0.1, 0.15) is 16.9 Å². The maximum absolute atomic E-state index is 12.4. The smallest absolute Gasteiger partial charge is 0.272 e. The molecule has 1 N–H and O–H groups in total. The Balaban J connectivity index is 1.90. The molecule has 2 aromatic rings. The Bertz CT molecular complexity index is 579. The minimum atomic E-state index is -0.406. The number of likely N-dealkylation sites (tertiary alicyclic amines) is 1. The Morgan fingerprint density at radius 3 is 2.79 bits per heavy atom. The van der Waals surface area contributed by atoms with Gasteiger partial charge in [0.2, 0.25) is 0 Å². The topological polar surface area (TPSA) is 58.4 Å². The second-order valence-electron chi connectivity index (χ2n) is 4.68. The zero-order chi connectivity index (χ0) is 13.2. The predicted octanol–water partition coefficient (Wildman–Crippen LogP) is 1.08. The van der Waals surface area contributed by atoms with E-state index >= 15 is 0 Å². The van der Waals surface area contributed by atoms with Gasteiger partial charge < -0.3 is 10.0 Å². The number of nitrogens with zero attached hydrogens (tertiary/aromatic N) is 3. The van der Waals surface area contributed by atoms with Crippen molar-refractivity contribution in [1.82, 2.24) is 14.5 Å². The largest absolute Gasteiger partial charge is 0.391 e. The first-order chi connectivity index (χ1) is 9.25. The van der Waals surface area contributed by atoms with E-state index in [4.69, 9.17) is 0 Å². The lowest BCUT2D eigenvalue weighted by Gasteiger charge is -2.16. The molecule has 0 saturated carbocycles. The number of hydrogen-bond donors (Lipinski definition) is 1. The first-order valence-electron chi connectivity index (χ1n) is 6.31. The van der Waals surface area contributed by atoms with Crippen LogP contribution in [0, 0.1) is 0 Å². The maximum atomic E-state index is 12.4. The zero-order valence-electron chi connectivity index (χ0n) is 10.4. The highest BCUT2D eigenvalue weighted by atomic mass is 16.3. The van der Waals surface area contributed by atoms with Crippen molar-refractivity contribution in [1.29, 1.82) is 0 Å². The van der Waals surface area contributed by atoms with Crippen molar-refractivity contribution in [2.45, 2.75) is 12.5 Å². The Labute approximate surface area is 111 Å². The first kappa shape index (κ1) is 11.9. The summed E-state index contributed by atoms with van der Waals surface area (Å²) in [5, 5.41) is 9.52. The molecule has 1 amide bonds. The molecular formula is C14H15N3O2. The number of benzene rings is 1. The van der Waals surface area contributed by atoms with Crippen molar-refractivity contribution in [2.75, 3.05) is 13.1 Å². The number of carbonyl (C=O) groups excluding carboxylic acids is 1. The lowest BCUT2D eigenvalue weighted by molar-refractivity contribution is 0.0757. The minimum Gasteiger partial charge on any atom is -0.391 e. The van der Waals surface area contributed by atoms with Gasteiger partial charge in [-0.25, -0.2) is 4.98 Å². The molecular weight excluding hydrogens is 242 g/mol. The SMILES string of the molecule is O=C(c1cncn1-c1ccccc1)N1CC[C@H](O)C1. The molecule has 5 heteroatoms. The van der Waals surface area contributed by atoms with Gasteiger partial charge >= 0.3 is 0 Å². The van der Waals surface area contributed by atoms with Crippen molar-refractivity contribution in [3.8, 4) is 5.69 Å². The van der Waals surface area contributed by atoms with Gasteiger partial charge in [-0.1, -0.05) is 18.2 Å². The molecule has 98 valence electrons. The molecule has 1 aliphatic rings. The number of aliphatic hydroxyl groups excluding tert-OH is 1. The van der Waals surface area contributed by atoms with Gasteiger partial charge in [0.05, 0.1) is 18.6 Å². The number of amides is 1. The summed E-state index contributed by atoms with van der Waals surface area (Å²) < 4.78 is 1.77. The second-order valence-corrected chi connectivity index (χ2v) is 4.68. The van der Waals surface area contributed by atoms with Crippen LogP contribution in [0.5, 0.6) is 0 Å². The Morgan fingerprint density at radius 1 is 1.32 bits per heavy atom. The fraction of sp³-hybridized carbons (Fsp3) is 0.286. The number of β-amino-alcohol motifs (C(OH)–C–C–N with tert-alkyl or cyclic N) is 1. The molecule has 3 rings (SSSR count). The Kier molecular flexibility index (Phi) is 3.05. The third kappa shape index (κ3) is 2.24. The summed E-state index contributed by atoms with van der Waals surface area (Å²) in [6.45, 7) is 0.999. The molecule has 0 spiro atoms. The molecule has 0 aliphatic carbocycles. The van der Waals surface area contributed by atoms with Gasteiger partial charge in [0, 0.05) is 18.8 Å².